The highest BCUT2D eigenvalue weighted by molar-refractivity contribution is 5.38. The Kier molecular flexibility index (Phi) is 6.08. The van der Waals surface area contributed by atoms with E-state index < -0.39 is 0 Å². The summed E-state index contributed by atoms with van der Waals surface area (Å²) in [7, 11) is 0. The minimum atomic E-state index is 0.112. The molecule has 3 nitrogen and oxygen atoms in total. The van der Waals surface area contributed by atoms with E-state index in [1.165, 1.54) is 5.56 Å². The first-order valence-electron chi connectivity index (χ1n) is 8.03. The molecule has 0 radical (unpaired) electrons. The predicted octanol–water partition coefficient (Wildman–Crippen LogP) is 4.53. The molecule has 0 aliphatic heterocycles. The fraction of sp³-hybridized carbons (Fsp3) is 0.474. The molecule has 1 heterocycles. The van der Waals surface area contributed by atoms with Crippen LogP contribution in [-0.2, 0) is 12.0 Å². The molecule has 0 fully saturated rings. The van der Waals surface area contributed by atoms with Crippen LogP contribution in [0.3, 0.4) is 0 Å². The summed E-state index contributed by atoms with van der Waals surface area (Å²) < 4.78 is 11.2. The lowest BCUT2D eigenvalue weighted by Crippen LogP contribution is -2.16. The Morgan fingerprint density at radius 1 is 1.05 bits per heavy atom. The molecule has 120 valence electrons. The molecular weight excluding hydrogens is 274 g/mol. The molecule has 0 aliphatic rings. The summed E-state index contributed by atoms with van der Waals surface area (Å²) in [6, 6.07) is 12.2. The molecule has 1 aromatic heterocycles. The third-order valence-corrected chi connectivity index (χ3v) is 3.58. The van der Waals surface area contributed by atoms with Crippen LogP contribution in [0.2, 0.25) is 0 Å². The van der Waals surface area contributed by atoms with Crippen LogP contribution in [-0.4, -0.2) is 13.2 Å². The summed E-state index contributed by atoms with van der Waals surface area (Å²) >= 11 is 0. The van der Waals surface area contributed by atoms with Gasteiger partial charge in [-0.3, -0.25) is 0 Å². The summed E-state index contributed by atoms with van der Waals surface area (Å²) in [5, 5.41) is 3.37. The van der Waals surface area contributed by atoms with Gasteiger partial charge in [0, 0.05) is 0 Å². The molecule has 0 spiro atoms. The third kappa shape index (κ3) is 5.23. The molecule has 2 rings (SSSR count). The molecule has 1 N–H and O–H groups in total. The molecular formula is C19H27NO2. The van der Waals surface area contributed by atoms with E-state index in [2.05, 4.69) is 44.3 Å². The van der Waals surface area contributed by atoms with Crippen LogP contribution in [0, 0.1) is 0 Å². The summed E-state index contributed by atoms with van der Waals surface area (Å²) in [4.78, 5) is 0. The standard InChI is InChI=1S/C19H27NO2/c1-19(2,3)17-10-4-5-11-18(17)22-13-7-6-12-20-15-16-9-8-14-21-16/h4-5,8-11,14,20H,6-7,12-13,15H2,1-3H3. The normalized spacial score (nSPS) is 11.6. The number of hydrogen-bond acceptors (Lipinski definition) is 3. The second-order valence-corrected chi connectivity index (χ2v) is 6.56. The fourth-order valence-electron chi connectivity index (χ4n) is 2.37. The zero-order chi connectivity index (χ0) is 15.8. The average molecular weight is 301 g/mol. The van der Waals surface area contributed by atoms with E-state index in [9.17, 15) is 0 Å². The molecule has 1 aromatic carbocycles. The summed E-state index contributed by atoms with van der Waals surface area (Å²) in [5.74, 6) is 1.99. The number of furan rings is 1. The van der Waals surface area contributed by atoms with E-state index >= 15 is 0 Å². The largest absolute Gasteiger partial charge is 0.493 e. The molecule has 0 aliphatic carbocycles. The van der Waals surface area contributed by atoms with Crippen molar-refractivity contribution in [3.8, 4) is 5.75 Å². The molecule has 22 heavy (non-hydrogen) atoms. The molecule has 0 amide bonds. The van der Waals surface area contributed by atoms with Gasteiger partial charge in [0.05, 0.1) is 19.4 Å². The highest BCUT2D eigenvalue weighted by Crippen LogP contribution is 2.30. The van der Waals surface area contributed by atoms with Gasteiger partial charge >= 0.3 is 0 Å². The zero-order valence-electron chi connectivity index (χ0n) is 13.9. The van der Waals surface area contributed by atoms with Gasteiger partial charge in [0.15, 0.2) is 0 Å². The predicted molar refractivity (Wildman–Crippen MR) is 90.3 cm³/mol. The molecule has 2 aromatic rings. The average Bonchev–Trinajstić information content (AvgIpc) is 2.99. The number of para-hydroxylation sites is 1. The highest BCUT2D eigenvalue weighted by Gasteiger charge is 2.18. The number of rotatable bonds is 8. The highest BCUT2D eigenvalue weighted by atomic mass is 16.5. The minimum absolute atomic E-state index is 0.112. The van der Waals surface area contributed by atoms with Gasteiger partial charge in [-0.2, -0.15) is 0 Å². The van der Waals surface area contributed by atoms with Crippen molar-refractivity contribution >= 4 is 0 Å². The van der Waals surface area contributed by atoms with Crippen LogP contribution in [0.5, 0.6) is 5.75 Å². The first-order chi connectivity index (χ1) is 10.6. The topological polar surface area (TPSA) is 34.4 Å². The first-order valence-corrected chi connectivity index (χ1v) is 8.03. The Hall–Kier alpha value is -1.74. The molecule has 0 saturated heterocycles. The number of hydrogen-bond donors (Lipinski definition) is 1. The van der Waals surface area contributed by atoms with Crippen molar-refractivity contribution in [1.29, 1.82) is 0 Å². The van der Waals surface area contributed by atoms with Gasteiger partial charge in [0.25, 0.3) is 0 Å². The van der Waals surface area contributed by atoms with E-state index in [-0.39, 0.29) is 5.41 Å². The fourth-order valence-corrected chi connectivity index (χ4v) is 2.37. The molecule has 0 saturated carbocycles. The van der Waals surface area contributed by atoms with E-state index in [1.807, 2.05) is 18.2 Å². The Labute approximate surface area is 133 Å². The Balaban J connectivity index is 1.65. The van der Waals surface area contributed by atoms with Crippen LogP contribution in [0.15, 0.2) is 47.1 Å². The van der Waals surface area contributed by atoms with Crippen molar-refractivity contribution in [1.82, 2.24) is 5.32 Å². The molecule has 0 bridgehead atoms. The van der Waals surface area contributed by atoms with Gasteiger partial charge in [0.2, 0.25) is 0 Å². The quantitative estimate of drug-likeness (QED) is 0.728. The van der Waals surface area contributed by atoms with E-state index in [0.717, 1.165) is 44.0 Å². The third-order valence-electron chi connectivity index (χ3n) is 3.58. The molecule has 0 unspecified atom stereocenters. The van der Waals surface area contributed by atoms with Crippen molar-refractivity contribution in [3.63, 3.8) is 0 Å². The van der Waals surface area contributed by atoms with Gasteiger partial charge in [0.1, 0.15) is 11.5 Å². The molecule has 3 heteroatoms. The molecule has 0 atom stereocenters. The lowest BCUT2D eigenvalue weighted by atomic mass is 9.86. The minimum Gasteiger partial charge on any atom is -0.493 e. The van der Waals surface area contributed by atoms with Crippen LogP contribution in [0.1, 0.15) is 44.9 Å². The Morgan fingerprint density at radius 2 is 1.86 bits per heavy atom. The van der Waals surface area contributed by atoms with Crippen molar-refractivity contribution in [2.24, 2.45) is 0 Å². The van der Waals surface area contributed by atoms with Gasteiger partial charge in [-0.05, 0) is 48.6 Å². The van der Waals surface area contributed by atoms with Gasteiger partial charge in [-0.25, -0.2) is 0 Å². The number of ether oxygens (including phenoxy) is 1. The maximum atomic E-state index is 5.97. The number of nitrogens with one attached hydrogen (secondary N) is 1. The maximum absolute atomic E-state index is 5.97. The number of unbranched alkanes of at least 4 members (excludes halogenated alkanes) is 1. The van der Waals surface area contributed by atoms with Crippen LogP contribution in [0.25, 0.3) is 0 Å². The van der Waals surface area contributed by atoms with Crippen LogP contribution >= 0.6 is 0 Å². The van der Waals surface area contributed by atoms with E-state index in [1.54, 1.807) is 6.26 Å². The number of benzene rings is 1. The summed E-state index contributed by atoms with van der Waals surface area (Å²) in [5.41, 5.74) is 1.38. The summed E-state index contributed by atoms with van der Waals surface area (Å²) in [6.07, 6.45) is 3.85. The van der Waals surface area contributed by atoms with Gasteiger partial charge in [-0.1, -0.05) is 39.0 Å². The lowest BCUT2D eigenvalue weighted by molar-refractivity contribution is 0.297. The van der Waals surface area contributed by atoms with Crippen LogP contribution in [0.4, 0.5) is 0 Å². The van der Waals surface area contributed by atoms with E-state index in [0.29, 0.717) is 0 Å². The monoisotopic (exact) mass is 301 g/mol. The SMILES string of the molecule is CC(C)(C)c1ccccc1OCCCCNCc1ccco1. The second kappa shape index (κ2) is 8.04. The van der Waals surface area contributed by atoms with Crippen molar-refractivity contribution in [3.05, 3.63) is 54.0 Å². The van der Waals surface area contributed by atoms with E-state index in [4.69, 9.17) is 9.15 Å². The van der Waals surface area contributed by atoms with Crippen LogP contribution < -0.4 is 10.1 Å². The Morgan fingerprint density at radius 3 is 2.59 bits per heavy atom. The van der Waals surface area contributed by atoms with Crippen molar-refractivity contribution in [2.75, 3.05) is 13.2 Å². The lowest BCUT2D eigenvalue weighted by Gasteiger charge is -2.22. The van der Waals surface area contributed by atoms with Crippen molar-refractivity contribution in [2.45, 2.75) is 45.6 Å². The second-order valence-electron chi connectivity index (χ2n) is 6.56. The Bertz CT molecular complexity index is 541. The zero-order valence-corrected chi connectivity index (χ0v) is 13.9. The smallest absolute Gasteiger partial charge is 0.123 e. The summed E-state index contributed by atoms with van der Waals surface area (Å²) in [6.45, 7) is 9.18. The maximum Gasteiger partial charge on any atom is 0.123 e. The van der Waals surface area contributed by atoms with Gasteiger partial charge in [-0.15, -0.1) is 0 Å². The first kappa shape index (κ1) is 16.6. The van der Waals surface area contributed by atoms with Crippen molar-refractivity contribution < 1.29 is 9.15 Å². The van der Waals surface area contributed by atoms with Gasteiger partial charge < -0.3 is 14.5 Å².